The van der Waals surface area contributed by atoms with Crippen LogP contribution in [0, 0.1) is 0 Å². The molecule has 3 N–H and O–H groups in total. The summed E-state index contributed by atoms with van der Waals surface area (Å²) in [6.07, 6.45) is 4.51. The lowest BCUT2D eigenvalue weighted by molar-refractivity contribution is -0.123. The maximum Gasteiger partial charge on any atom is 0.258 e. The number of rotatable bonds is 6. The molecule has 116 valence electrons. The Morgan fingerprint density at radius 1 is 1.43 bits per heavy atom. The lowest BCUT2D eigenvalue weighted by atomic mass is 10.1. The van der Waals surface area contributed by atoms with Crippen LogP contribution in [-0.2, 0) is 4.79 Å². The summed E-state index contributed by atoms with van der Waals surface area (Å²) in [6, 6.07) is 5.61. The van der Waals surface area contributed by atoms with Crippen molar-refractivity contribution in [2.75, 3.05) is 13.7 Å². The average Bonchev–Trinajstić information content (AvgIpc) is 2.97. The minimum absolute atomic E-state index is 0.00336. The number of carbonyl (C=O) groups excluding carboxylic acids is 1. The van der Waals surface area contributed by atoms with Crippen LogP contribution in [0.4, 0.5) is 0 Å². The molecule has 0 spiro atoms. The Bertz CT molecular complexity index is 482. The summed E-state index contributed by atoms with van der Waals surface area (Å²) < 4.78 is 10.8. The molecule has 21 heavy (non-hydrogen) atoms. The van der Waals surface area contributed by atoms with Gasteiger partial charge in [0.25, 0.3) is 5.91 Å². The highest BCUT2D eigenvalue weighted by molar-refractivity contribution is 5.78. The first-order valence-corrected chi connectivity index (χ1v) is 7.46. The van der Waals surface area contributed by atoms with E-state index in [-0.39, 0.29) is 18.6 Å². The van der Waals surface area contributed by atoms with Crippen molar-refractivity contribution in [3.05, 3.63) is 23.8 Å². The Morgan fingerprint density at radius 3 is 2.76 bits per heavy atom. The van der Waals surface area contributed by atoms with E-state index in [4.69, 9.17) is 15.2 Å². The first-order chi connectivity index (χ1) is 10.1. The lowest BCUT2D eigenvalue weighted by Gasteiger charge is -2.16. The van der Waals surface area contributed by atoms with Crippen molar-refractivity contribution >= 4 is 5.91 Å². The zero-order valence-corrected chi connectivity index (χ0v) is 12.7. The Hall–Kier alpha value is -1.75. The van der Waals surface area contributed by atoms with Gasteiger partial charge in [0.15, 0.2) is 6.61 Å². The molecule has 2 rings (SSSR count). The molecule has 1 aliphatic carbocycles. The molecular formula is C16H24N2O3. The Labute approximate surface area is 125 Å². The number of nitrogens with one attached hydrogen (secondary N) is 1. The minimum Gasteiger partial charge on any atom is -0.497 e. The molecule has 1 aliphatic rings. The molecule has 0 aliphatic heterocycles. The second-order valence-corrected chi connectivity index (χ2v) is 5.53. The molecule has 0 aromatic heterocycles. The van der Waals surface area contributed by atoms with Crippen molar-refractivity contribution in [2.45, 2.75) is 44.7 Å². The molecule has 0 heterocycles. The predicted octanol–water partition coefficient (Wildman–Crippen LogP) is 2.15. The van der Waals surface area contributed by atoms with Crippen LogP contribution in [0.15, 0.2) is 18.2 Å². The second kappa shape index (κ2) is 7.31. The van der Waals surface area contributed by atoms with E-state index in [1.807, 2.05) is 19.1 Å². The molecule has 1 amide bonds. The third kappa shape index (κ3) is 4.36. The largest absolute Gasteiger partial charge is 0.497 e. The molecule has 0 unspecified atom stereocenters. The average molecular weight is 292 g/mol. The number of hydrogen-bond donors (Lipinski definition) is 2. The van der Waals surface area contributed by atoms with E-state index < -0.39 is 0 Å². The standard InChI is InChI=1S/C16H24N2O3/c1-11(17)14-8-7-13(20-2)9-15(14)21-10-16(19)18-12-5-3-4-6-12/h7-9,11-12H,3-6,10,17H2,1-2H3,(H,18,19)/t11-/m1/s1. The normalized spacial score (nSPS) is 16.5. The van der Waals surface area contributed by atoms with E-state index >= 15 is 0 Å². The van der Waals surface area contributed by atoms with Crippen LogP contribution in [0.5, 0.6) is 11.5 Å². The van der Waals surface area contributed by atoms with Gasteiger partial charge in [-0.15, -0.1) is 0 Å². The molecule has 1 saturated carbocycles. The summed E-state index contributed by atoms with van der Waals surface area (Å²) in [5, 5.41) is 3.00. The van der Waals surface area contributed by atoms with Gasteiger partial charge in [-0.1, -0.05) is 18.9 Å². The molecule has 5 nitrogen and oxygen atoms in total. The molecule has 1 fully saturated rings. The zero-order valence-electron chi connectivity index (χ0n) is 12.7. The molecule has 0 bridgehead atoms. The third-order valence-corrected chi connectivity index (χ3v) is 3.79. The lowest BCUT2D eigenvalue weighted by Crippen LogP contribution is -2.36. The fourth-order valence-corrected chi connectivity index (χ4v) is 2.63. The van der Waals surface area contributed by atoms with Gasteiger partial charge in [0.2, 0.25) is 0 Å². The summed E-state index contributed by atoms with van der Waals surface area (Å²) in [7, 11) is 1.59. The highest BCUT2D eigenvalue weighted by atomic mass is 16.5. The van der Waals surface area contributed by atoms with E-state index in [1.54, 1.807) is 13.2 Å². The van der Waals surface area contributed by atoms with Gasteiger partial charge in [-0.25, -0.2) is 0 Å². The highest BCUT2D eigenvalue weighted by Gasteiger charge is 2.18. The first kappa shape index (κ1) is 15.6. The minimum atomic E-state index is -0.163. The van der Waals surface area contributed by atoms with Gasteiger partial charge in [-0.3, -0.25) is 4.79 Å². The van der Waals surface area contributed by atoms with E-state index in [9.17, 15) is 4.79 Å². The predicted molar refractivity (Wildman–Crippen MR) is 81.5 cm³/mol. The Morgan fingerprint density at radius 2 is 2.14 bits per heavy atom. The van der Waals surface area contributed by atoms with Crippen LogP contribution in [-0.4, -0.2) is 25.7 Å². The van der Waals surface area contributed by atoms with Crippen molar-refractivity contribution in [2.24, 2.45) is 5.73 Å². The number of nitrogens with two attached hydrogens (primary N) is 1. The van der Waals surface area contributed by atoms with Crippen molar-refractivity contribution in [3.63, 3.8) is 0 Å². The van der Waals surface area contributed by atoms with Crippen LogP contribution < -0.4 is 20.5 Å². The van der Waals surface area contributed by atoms with Gasteiger partial charge in [-0.2, -0.15) is 0 Å². The van der Waals surface area contributed by atoms with E-state index in [1.165, 1.54) is 12.8 Å². The smallest absolute Gasteiger partial charge is 0.258 e. The van der Waals surface area contributed by atoms with E-state index in [0.717, 1.165) is 18.4 Å². The monoisotopic (exact) mass is 292 g/mol. The number of hydrogen-bond acceptors (Lipinski definition) is 4. The molecule has 1 aromatic rings. The molecule has 0 saturated heterocycles. The SMILES string of the molecule is COc1ccc([C@@H](C)N)c(OCC(=O)NC2CCCC2)c1. The molecule has 5 heteroatoms. The topological polar surface area (TPSA) is 73.6 Å². The van der Waals surface area contributed by atoms with Gasteiger partial charge in [-0.05, 0) is 25.8 Å². The number of amides is 1. The first-order valence-electron chi connectivity index (χ1n) is 7.46. The van der Waals surface area contributed by atoms with E-state index in [0.29, 0.717) is 17.5 Å². The highest BCUT2D eigenvalue weighted by Crippen LogP contribution is 2.28. The van der Waals surface area contributed by atoms with Crippen LogP contribution >= 0.6 is 0 Å². The summed E-state index contributed by atoms with van der Waals surface area (Å²) in [5.74, 6) is 1.21. The van der Waals surface area contributed by atoms with E-state index in [2.05, 4.69) is 5.32 Å². The summed E-state index contributed by atoms with van der Waals surface area (Å²) in [4.78, 5) is 11.9. The van der Waals surface area contributed by atoms with Gasteiger partial charge < -0.3 is 20.5 Å². The summed E-state index contributed by atoms with van der Waals surface area (Å²) in [6.45, 7) is 1.89. The number of ether oxygens (including phenoxy) is 2. The summed E-state index contributed by atoms with van der Waals surface area (Å²) >= 11 is 0. The maximum absolute atomic E-state index is 11.9. The van der Waals surface area contributed by atoms with Crippen molar-refractivity contribution in [1.82, 2.24) is 5.32 Å². The quantitative estimate of drug-likeness (QED) is 0.842. The fraction of sp³-hybridized carbons (Fsp3) is 0.562. The van der Waals surface area contributed by atoms with Gasteiger partial charge in [0.05, 0.1) is 7.11 Å². The van der Waals surface area contributed by atoms with Crippen molar-refractivity contribution in [3.8, 4) is 11.5 Å². The van der Waals surface area contributed by atoms with Crippen LogP contribution in [0.25, 0.3) is 0 Å². The fourth-order valence-electron chi connectivity index (χ4n) is 2.63. The Kier molecular flexibility index (Phi) is 5.44. The number of benzene rings is 1. The number of carbonyl (C=O) groups is 1. The number of methoxy groups -OCH3 is 1. The second-order valence-electron chi connectivity index (χ2n) is 5.53. The van der Waals surface area contributed by atoms with Crippen LogP contribution in [0.1, 0.15) is 44.2 Å². The van der Waals surface area contributed by atoms with Gasteiger partial charge >= 0.3 is 0 Å². The molecule has 1 atom stereocenters. The van der Waals surface area contributed by atoms with Crippen LogP contribution in [0.3, 0.4) is 0 Å². The van der Waals surface area contributed by atoms with Gasteiger partial charge in [0, 0.05) is 23.7 Å². The van der Waals surface area contributed by atoms with Gasteiger partial charge in [0.1, 0.15) is 11.5 Å². The van der Waals surface area contributed by atoms with Crippen molar-refractivity contribution < 1.29 is 14.3 Å². The van der Waals surface area contributed by atoms with Crippen molar-refractivity contribution in [1.29, 1.82) is 0 Å². The third-order valence-electron chi connectivity index (χ3n) is 3.79. The molecule has 0 radical (unpaired) electrons. The maximum atomic E-state index is 11.9. The Balaban J connectivity index is 1.95. The van der Waals surface area contributed by atoms with Crippen LogP contribution in [0.2, 0.25) is 0 Å². The zero-order chi connectivity index (χ0) is 15.2. The molecular weight excluding hydrogens is 268 g/mol. The summed E-state index contributed by atoms with van der Waals surface area (Å²) in [5.41, 5.74) is 6.79. The molecule has 1 aromatic carbocycles.